The van der Waals surface area contributed by atoms with Gasteiger partial charge in [0.1, 0.15) is 23.4 Å². The number of nitrogens with zero attached hydrogens (tertiary/aromatic N) is 1. The van der Waals surface area contributed by atoms with Gasteiger partial charge in [-0.2, -0.15) is 5.26 Å². The van der Waals surface area contributed by atoms with Crippen LogP contribution in [-0.2, 0) is 0 Å². The Hall–Kier alpha value is -1.57. The molecule has 2 aromatic rings. The van der Waals surface area contributed by atoms with Gasteiger partial charge >= 0.3 is 0 Å². The van der Waals surface area contributed by atoms with Crippen molar-refractivity contribution in [3.8, 4) is 17.6 Å². The Morgan fingerprint density at radius 1 is 1.17 bits per heavy atom. The van der Waals surface area contributed by atoms with Gasteiger partial charge in [0.15, 0.2) is 0 Å². The van der Waals surface area contributed by atoms with Crippen molar-refractivity contribution in [1.29, 1.82) is 5.26 Å². The number of ether oxygens (including phenoxy) is 1. The van der Waals surface area contributed by atoms with Gasteiger partial charge < -0.3 is 4.74 Å². The van der Waals surface area contributed by atoms with Crippen molar-refractivity contribution >= 4 is 27.5 Å². The maximum absolute atomic E-state index is 13.0. The fraction of sp³-hybridized carbons (Fsp3) is 0. The van der Waals surface area contributed by atoms with Gasteiger partial charge in [-0.25, -0.2) is 4.39 Å². The Balaban J connectivity index is 2.40. The summed E-state index contributed by atoms with van der Waals surface area (Å²) < 4.78 is 19.3. The molecule has 0 amide bonds. The third-order valence-corrected chi connectivity index (χ3v) is 2.98. The van der Waals surface area contributed by atoms with Crippen LogP contribution < -0.4 is 4.74 Å². The summed E-state index contributed by atoms with van der Waals surface area (Å²) in [5.41, 5.74) is 0.117. The molecule has 18 heavy (non-hydrogen) atoms. The largest absolute Gasteiger partial charge is 0.454 e. The highest BCUT2D eigenvalue weighted by molar-refractivity contribution is 9.10. The van der Waals surface area contributed by atoms with E-state index in [9.17, 15) is 4.39 Å². The van der Waals surface area contributed by atoms with Crippen molar-refractivity contribution in [2.24, 2.45) is 0 Å². The molecule has 0 heterocycles. The minimum Gasteiger partial charge on any atom is -0.454 e. The van der Waals surface area contributed by atoms with E-state index in [1.807, 2.05) is 6.07 Å². The topological polar surface area (TPSA) is 33.0 Å². The molecule has 0 saturated carbocycles. The van der Waals surface area contributed by atoms with E-state index in [-0.39, 0.29) is 11.3 Å². The molecule has 0 atom stereocenters. The maximum Gasteiger partial charge on any atom is 0.147 e. The van der Waals surface area contributed by atoms with Crippen LogP contribution in [0.1, 0.15) is 5.56 Å². The summed E-state index contributed by atoms with van der Waals surface area (Å²) in [5, 5.41) is 9.31. The minimum atomic E-state index is -0.487. The zero-order chi connectivity index (χ0) is 13.1. The summed E-state index contributed by atoms with van der Waals surface area (Å²) in [6.07, 6.45) is 0. The van der Waals surface area contributed by atoms with Crippen molar-refractivity contribution in [3.63, 3.8) is 0 Å². The highest BCUT2D eigenvalue weighted by Gasteiger charge is 2.09. The molecule has 0 fully saturated rings. The van der Waals surface area contributed by atoms with E-state index in [2.05, 4.69) is 15.9 Å². The molecule has 0 bridgehead atoms. The Labute approximate surface area is 117 Å². The fourth-order valence-corrected chi connectivity index (χ4v) is 1.85. The Morgan fingerprint density at radius 2 is 1.94 bits per heavy atom. The van der Waals surface area contributed by atoms with Gasteiger partial charge in [-0.15, -0.1) is 0 Å². The first-order valence-electron chi connectivity index (χ1n) is 4.92. The number of hydrogen-bond donors (Lipinski definition) is 0. The van der Waals surface area contributed by atoms with Crippen LogP contribution in [0.15, 0.2) is 40.9 Å². The van der Waals surface area contributed by atoms with Crippen LogP contribution in [0, 0.1) is 17.1 Å². The quantitative estimate of drug-likeness (QED) is 0.786. The SMILES string of the molecule is N#Cc1cc(F)ccc1Oc1cc(Br)ccc1Cl. The molecule has 2 rings (SSSR count). The zero-order valence-corrected chi connectivity index (χ0v) is 11.3. The summed E-state index contributed by atoms with van der Waals surface area (Å²) in [5.74, 6) is 0.173. The average molecular weight is 327 g/mol. The molecule has 0 unspecified atom stereocenters. The third kappa shape index (κ3) is 2.81. The van der Waals surface area contributed by atoms with E-state index in [4.69, 9.17) is 21.6 Å². The van der Waals surface area contributed by atoms with E-state index in [1.54, 1.807) is 18.2 Å². The molecule has 0 aromatic heterocycles. The Kier molecular flexibility index (Phi) is 3.85. The standard InChI is InChI=1S/C13H6BrClFNO/c14-9-1-3-11(15)13(6-9)18-12-4-2-10(16)5-8(12)7-17/h1-6H. The van der Waals surface area contributed by atoms with Crippen LogP contribution in [0.2, 0.25) is 5.02 Å². The van der Waals surface area contributed by atoms with E-state index in [0.29, 0.717) is 10.8 Å². The van der Waals surface area contributed by atoms with Crippen molar-refractivity contribution in [1.82, 2.24) is 0 Å². The van der Waals surface area contributed by atoms with Gasteiger partial charge in [0.2, 0.25) is 0 Å². The fourth-order valence-electron chi connectivity index (χ4n) is 1.35. The molecule has 90 valence electrons. The van der Waals surface area contributed by atoms with Crippen molar-refractivity contribution in [2.45, 2.75) is 0 Å². The summed E-state index contributed by atoms with van der Waals surface area (Å²) in [4.78, 5) is 0. The van der Waals surface area contributed by atoms with Crippen molar-refractivity contribution < 1.29 is 9.13 Å². The van der Waals surface area contributed by atoms with Crippen molar-refractivity contribution in [2.75, 3.05) is 0 Å². The van der Waals surface area contributed by atoms with Crippen LogP contribution in [0.5, 0.6) is 11.5 Å². The lowest BCUT2D eigenvalue weighted by Crippen LogP contribution is -1.90. The van der Waals surface area contributed by atoms with Crippen LogP contribution in [0.3, 0.4) is 0 Å². The lowest BCUT2D eigenvalue weighted by atomic mass is 10.2. The molecule has 0 saturated heterocycles. The lowest BCUT2D eigenvalue weighted by Gasteiger charge is -2.09. The number of hydrogen-bond acceptors (Lipinski definition) is 2. The first-order chi connectivity index (χ1) is 8.60. The van der Waals surface area contributed by atoms with Gasteiger partial charge in [0, 0.05) is 4.47 Å². The van der Waals surface area contributed by atoms with Gasteiger partial charge in [0.25, 0.3) is 0 Å². The first-order valence-corrected chi connectivity index (χ1v) is 6.10. The van der Waals surface area contributed by atoms with Gasteiger partial charge in [-0.05, 0) is 36.4 Å². The predicted octanol–water partition coefficient (Wildman–Crippen LogP) is 4.91. The highest BCUT2D eigenvalue weighted by Crippen LogP contribution is 2.33. The van der Waals surface area contributed by atoms with Crippen LogP contribution >= 0.6 is 27.5 Å². The number of rotatable bonds is 2. The lowest BCUT2D eigenvalue weighted by molar-refractivity contribution is 0.479. The molecule has 0 aliphatic heterocycles. The van der Waals surface area contributed by atoms with E-state index < -0.39 is 5.82 Å². The molecule has 2 aromatic carbocycles. The average Bonchev–Trinajstić information content (AvgIpc) is 2.36. The third-order valence-electron chi connectivity index (χ3n) is 2.18. The molecular formula is C13H6BrClFNO. The van der Waals surface area contributed by atoms with E-state index >= 15 is 0 Å². The van der Waals surface area contributed by atoms with Crippen LogP contribution in [-0.4, -0.2) is 0 Å². The van der Waals surface area contributed by atoms with Gasteiger partial charge in [0.05, 0.1) is 10.6 Å². The summed E-state index contributed by atoms with van der Waals surface area (Å²) in [7, 11) is 0. The van der Waals surface area contributed by atoms with Crippen LogP contribution in [0.4, 0.5) is 4.39 Å². The molecule has 2 nitrogen and oxygen atoms in total. The number of nitriles is 1. The molecule has 0 N–H and O–H groups in total. The molecular weight excluding hydrogens is 321 g/mol. The van der Waals surface area contributed by atoms with Gasteiger partial charge in [-0.1, -0.05) is 27.5 Å². The second-order valence-corrected chi connectivity index (χ2v) is 4.75. The highest BCUT2D eigenvalue weighted by atomic mass is 79.9. The second kappa shape index (κ2) is 5.38. The zero-order valence-electron chi connectivity index (χ0n) is 8.95. The molecule has 5 heteroatoms. The monoisotopic (exact) mass is 325 g/mol. The number of halogens is 3. The van der Waals surface area contributed by atoms with E-state index in [0.717, 1.165) is 10.5 Å². The summed E-state index contributed by atoms with van der Waals surface area (Å²) >= 11 is 9.26. The number of benzene rings is 2. The molecule has 0 spiro atoms. The molecule has 0 aliphatic carbocycles. The Morgan fingerprint density at radius 3 is 2.67 bits per heavy atom. The molecule has 0 aliphatic rings. The predicted molar refractivity (Wildman–Crippen MR) is 70.3 cm³/mol. The van der Waals surface area contributed by atoms with Gasteiger partial charge in [-0.3, -0.25) is 0 Å². The summed E-state index contributed by atoms with van der Waals surface area (Å²) in [6, 6.07) is 10.7. The minimum absolute atomic E-state index is 0.117. The second-order valence-electron chi connectivity index (χ2n) is 3.43. The Bertz CT molecular complexity index is 639. The first kappa shape index (κ1) is 12.9. The maximum atomic E-state index is 13.0. The smallest absolute Gasteiger partial charge is 0.147 e. The van der Waals surface area contributed by atoms with Crippen LogP contribution in [0.25, 0.3) is 0 Å². The summed E-state index contributed by atoms with van der Waals surface area (Å²) in [6.45, 7) is 0. The van der Waals surface area contributed by atoms with Crippen molar-refractivity contribution in [3.05, 3.63) is 57.3 Å². The normalized spacial score (nSPS) is 9.89. The van der Waals surface area contributed by atoms with E-state index in [1.165, 1.54) is 12.1 Å². The molecule has 0 radical (unpaired) electrons.